The van der Waals surface area contributed by atoms with E-state index in [1.54, 1.807) is 31.4 Å². The molecule has 4 aromatic carbocycles. The maximum atomic E-state index is 13.4. The van der Waals surface area contributed by atoms with Crippen LogP contribution in [0.4, 0.5) is 17.6 Å². The Hall–Kier alpha value is -3.49. The summed E-state index contributed by atoms with van der Waals surface area (Å²) in [6.45, 7) is 0.752. The van der Waals surface area contributed by atoms with Gasteiger partial charge in [-0.1, -0.05) is 30.3 Å². The summed E-state index contributed by atoms with van der Waals surface area (Å²) in [7, 11) is 3.48. The number of benzene rings is 4. The van der Waals surface area contributed by atoms with Gasteiger partial charge >= 0.3 is 6.18 Å². The molecule has 0 saturated heterocycles. The summed E-state index contributed by atoms with van der Waals surface area (Å²) in [6, 6.07) is 24.3. The van der Waals surface area contributed by atoms with Gasteiger partial charge in [0, 0.05) is 17.0 Å². The van der Waals surface area contributed by atoms with Crippen molar-refractivity contribution in [2.24, 2.45) is 0 Å². The molecule has 0 fully saturated rings. The zero-order valence-corrected chi connectivity index (χ0v) is 21.1. The van der Waals surface area contributed by atoms with Crippen molar-refractivity contribution in [3.63, 3.8) is 0 Å². The molecule has 0 saturated carbocycles. The van der Waals surface area contributed by atoms with Crippen molar-refractivity contribution >= 4 is 11.9 Å². The highest BCUT2D eigenvalue weighted by molar-refractivity contribution is 7.97. The molecule has 0 N–H and O–H groups in total. The van der Waals surface area contributed by atoms with Gasteiger partial charge in [0.15, 0.2) is 0 Å². The Balaban J connectivity index is 1.60. The van der Waals surface area contributed by atoms with E-state index in [9.17, 15) is 17.6 Å². The van der Waals surface area contributed by atoms with E-state index in [2.05, 4.69) is 0 Å². The molecule has 0 heterocycles. The van der Waals surface area contributed by atoms with Crippen LogP contribution in [0.3, 0.4) is 0 Å². The third-order valence-electron chi connectivity index (χ3n) is 5.58. The van der Waals surface area contributed by atoms with Crippen LogP contribution in [0.2, 0.25) is 0 Å². The van der Waals surface area contributed by atoms with Crippen LogP contribution in [0.5, 0.6) is 11.5 Å². The minimum atomic E-state index is -4.45. The fourth-order valence-electron chi connectivity index (χ4n) is 3.74. The van der Waals surface area contributed by atoms with Crippen molar-refractivity contribution in [1.82, 2.24) is 4.31 Å². The van der Waals surface area contributed by atoms with Crippen LogP contribution >= 0.6 is 11.9 Å². The van der Waals surface area contributed by atoms with Crippen molar-refractivity contribution in [2.45, 2.75) is 24.2 Å². The van der Waals surface area contributed by atoms with E-state index in [-0.39, 0.29) is 12.4 Å². The van der Waals surface area contributed by atoms with Crippen LogP contribution < -0.4 is 9.47 Å². The Labute approximate surface area is 217 Å². The lowest BCUT2D eigenvalue weighted by molar-refractivity contribution is -0.137. The molecule has 0 aliphatic heterocycles. The lowest BCUT2D eigenvalue weighted by Gasteiger charge is -2.18. The molecule has 8 heteroatoms. The lowest BCUT2D eigenvalue weighted by Crippen LogP contribution is -2.09. The largest absolute Gasteiger partial charge is 0.497 e. The second kappa shape index (κ2) is 11.7. The van der Waals surface area contributed by atoms with Crippen LogP contribution in [0.1, 0.15) is 16.7 Å². The molecule has 0 amide bonds. The summed E-state index contributed by atoms with van der Waals surface area (Å²) >= 11 is 1.45. The van der Waals surface area contributed by atoms with Gasteiger partial charge < -0.3 is 9.47 Å². The predicted octanol–water partition coefficient (Wildman–Crippen LogP) is 8.24. The average molecular weight is 528 g/mol. The van der Waals surface area contributed by atoms with Crippen molar-refractivity contribution in [1.29, 1.82) is 0 Å². The van der Waals surface area contributed by atoms with E-state index in [4.69, 9.17) is 9.47 Å². The van der Waals surface area contributed by atoms with E-state index in [1.807, 2.05) is 47.8 Å². The smallest absolute Gasteiger partial charge is 0.416 e. The van der Waals surface area contributed by atoms with E-state index >= 15 is 0 Å². The second-order valence-corrected chi connectivity index (χ2v) is 9.65. The fourth-order valence-corrected chi connectivity index (χ4v) is 4.57. The zero-order chi connectivity index (χ0) is 26.4. The van der Waals surface area contributed by atoms with Crippen LogP contribution in [-0.4, -0.2) is 18.5 Å². The molecular weight excluding hydrogens is 502 g/mol. The first-order valence-electron chi connectivity index (χ1n) is 11.4. The second-order valence-electron chi connectivity index (χ2n) is 8.38. The summed E-state index contributed by atoms with van der Waals surface area (Å²) in [5.74, 6) is 0.899. The van der Waals surface area contributed by atoms with Gasteiger partial charge in [0.05, 0.1) is 12.7 Å². The molecule has 0 atom stereocenters. The van der Waals surface area contributed by atoms with Gasteiger partial charge in [-0.05, 0) is 96.3 Å². The van der Waals surface area contributed by atoms with Gasteiger partial charge in [-0.25, -0.2) is 8.70 Å². The third-order valence-corrected chi connectivity index (χ3v) is 6.50. The number of nitrogens with zero attached hydrogens (tertiary/aromatic N) is 1. The Morgan fingerprint density at radius 3 is 2.22 bits per heavy atom. The number of rotatable bonds is 9. The molecule has 3 nitrogen and oxygen atoms in total. The predicted molar refractivity (Wildman–Crippen MR) is 138 cm³/mol. The minimum Gasteiger partial charge on any atom is -0.497 e. The van der Waals surface area contributed by atoms with E-state index in [1.165, 1.54) is 30.1 Å². The van der Waals surface area contributed by atoms with E-state index in [0.717, 1.165) is 33.9 Å². The first-order chi connectivity index (χ1) is 17.7. The Morgan fingerprint density at radius 2 is 1.54 bits per heavy atom. The number of hydrogen-bond acceptors (Lipinski definition) is 4. The quantitative estimate of drug-likeness (QED) is 0.161. The Morgan fingerprint density at radius 1 is 0.838 bits per heavy atom. The maximum Gasteiger partial charge on any atom is 0.416 e. The van der Waals surface area contributed by atoms with E-state index < -0.39 is 11.7 Å². The molecule has 0 radical (unpaired) electrons. The molecule has 4 rings (SSSR count). The maximum absolute atomic E-state index is 13.4. The highest BCUT2D eigenvalue weighted by Crippen LogP contribution is 2.37. The number of halogens is 4. The van der Waals surface area contributed by atoms with Crippen LogP contribution in [0.15, 0.2) is 95.9 Å². The van der Waals surface area contributed by atoms with Crippen molar-refractivity contribution in [3.8, 4) is 22.6 Å². The standard InChI is InChI=1S/C29H25F4NO2S/c1-34(37-26-13-9-24(30)10-14-26)18-21-8-15-28(36-19-20-6-11-25(35-2)12-7-20)27(16-21)22-4-3-5-23(17-22)29(31,32)33/h3-17H,18-19H2,1-2H3. The highest BCUT2D eigenvalue weighted by Gasteiger charge is 2.30. The molecule has 0 aromatic heterocycles. The summed E-state index contributed by atoms with van der Waals surface area (Å²) in [5.41, 5.74) is 2.05. The Bertz CT molecular complexity index is 1330. The normalized spacial score (nSPS) is 11.5. The Kier molecular flexibility index (Phi) is 8.41. The van der Waals surface area contributed by atoms with Gasteiger partial charge in [0.25, 0.3) is 0 Å². The minimum absolute atomic E-state index is 0.246. The monoisotopic (exact) mass is 527 g/mol. The molecular formula is C29H25F4NO2S. The molecule has 4 aromatic rings. The van der Waals surface area contributed by atoms with Gasteiger partial charge in [0.2, 0.25) is 0 Å². The van der Waals surface area contributed by atoms with Crippen LogP contribution in [-0.2, 0) is 19.3 Å². The fraction of sp³-hybridized carbons (Fsp3) is 0.172. The summed E-state index contributed by atoms with van der Waals surface area (Å²) in [4.78, 5) is 0.876. The van der Waals surface area contributed by atoms with Crippen molar-refractivity contribution in [2.75, 3.05) is 14.2 Å². The molecule has 0 unspecified atom stereocenters. The van der Waals surface area contributed by atoms with Crippen LogP contribution in [0.25, 0.3) is 11.1 Å². The molecule has 192 valence electrons. The summed E-state index contributed by atoms with van der Waals surface area (Å²) < 4.78 is 66.7. The summed E-state index contributed by atoms with van der Waals surface area (Å²) in [6.07, 6.45) is -4.45. The van der Waals surface area contributed by atoms with Gasteiger partial charge in [-0.2, -0.15) is 13.2 Å². The molecule has 37 heavy (non-hydrogen) atoms. The number of ether oxygens (including phenoxy) is 2. The molecule has 0 bridgehead atoms. The molecule has 0 aliphatic carbocycles. The molecule has 0 spiro atoms. The topological polar surface area (TPSA) is 21.7 Å². The van der Waals surface area contributed by atoms with Gasteiger partial charge in [-0.15, -0.1) is 0 Å². The highest BCUT2D eigenvalue weighted by atomic mass is 32.2. The SMILES string of the molecule is COc1ccc(COc2ccc(CN(C)Sc3ccc(F)cc3)cc2-c2cccc(C(F)(F)F)c2)cc1. The lowest BCUT2D eigenvalue weighted by atomic mass is 9.99. The first kappa shape index (κ1) is 26.6. The zero-order valence-electron chi connectivity index (χ0n) is 20.3. The average Bonchev–Trinajstić information content (AvgIpc) is 2.89. The number of alkyl halides is 3. The van der Waals surface area contributed by atoms with Crippen LogP contribution in [0, 0.1) is 5.82 Å². The summed E-state index contributed by atoms with van der Waals surface area (Å²) in [5, 5.41) is 0. The van der Waals surface area contributed by atoms with E-state index in [0.29, 0.717) is 23.4 Å². The third kappa shape index (κ3) is 7.27. The number of methoxy groups -OCH3 is 1. The van der Waals surface area contributed by atoms with Crippen molar-refractivity contribution in [3.05, 3.63) is 114 Å². The van der Waals surface area contributed by atoms with Crippen molar-refractivity contribution < 1.29 is 27.0 Å². The number of hydrogen-bond donors (Lipinski definition) is 0. The van der Waals surface area contributed by atoms with Gasteiger partial charge in [-0.3, -0.25) is 0 Å². The molecule has 0 aliphatic rings. The first-order valence-corrected chi connectivity index (χ1v) is 12.2. The van der Waals surface area contributed by atoms with Gasteiger partial charge in [0.1, 0.15) is 23.9 Å².